The van der Waals surface area contributed by atoms with Crippen LogP contribution in [0.15, 0.2) is 0 Å². The number of hydrogen-bond donors (Lipinski definition) is 2. The lowest BCUT2D eigenvalue weighted by Gasteiger charge is -2.03. The molecular weight excluding hydrogens is 243 g/mol. The van der Waals surface area contributed by atoms with E-state index in [1.54, 1.807) is 11.8 Å². The summed E-state index contributed by atoms with van der Waals surface area (Å²) in [6.07, 6.45) is 15.1. The SMILES string of the molecule is CCCCCCCCCCCCCSCB(O)O. The summed E-state index contributed by atoms with van der Waals surface area (Å²) < 4.78 is 0. The van der Waals surface area contributed by atoms with Crippen LogP contribution in [-0.2, 0) is 0 Å². The quantitative estimate of drug-likeness (QED) is 0.371. The van der Waals surface area contributed by atoms with Gasteiger partial charge in [-0.3, -0.25) is 0 Å². The van der Waals surface area contributed by atoms with E-state index in [9.17, 15) is 0 Å². The van der Waals surface area contributed by atoms with Crippen molar-refractivity contribution in [3.8, 4) is 0 Å². The van der Waals surface area contributed by atoms with Crippen molar-refractivity contribution >= 4 is 18.9 Å². The summed E-state index contributed by atoms with van der Waals surface area (Å²) in [5.41, 5.74) is 0.456. The molecule has 108 valence electrons. The van der Waals surface area contributed by atoms with Gasteiger partial charge in [-0.15, -0.1) is 0 Å². The minimum absolute atomic E-state index is 0.456. The van der Waals surface area contributed by atoms with Crippen LogP contribution in [0.5, 0.6) is 0 Å². The lowest BCUT2D eigenvalue weighted by atomic mass is 9.98. The van der Waals surface area contributed by atoms with Crippen molar-refractivity contribution < 1.29 is 10.0 Å². The van der Waals surface area contributed by atoms with Crippen molar-refractivity contribution in [1.29, 1.82) is 0 Å². The van der Waals surface area contributed by atoms with Crippen LogP contribution in [0.3, 0.4) is 0 Å². The highest BCUT2D eigenvalue weighted by molar-refractivity contribution is 8.00. The summed E-state index contributed by atoms with van der Waals surface area (Å²) in [7, 11) is -1.14. The molecule has 0 heterocycles. The lowest BCUT2D eigenvalue weighted by molar-refractivity contribution is 0.415. The zero-order valence-electron chi connectivity index (χ0n) is 12.1. The number of unbranched alkanes of at least 4 members (excludes halogenated alkanes) is 10. The topological polar surface area (TPSA) is 40.5 Å². The van der Waals surface area contributed by atoms with Gasteiger partial charge in [0, 0.05) is 5.65 Å². The van der Waals surface area contributed by atoms with Crippen LogP contribution in [0.1, 0.15) is 77.6 Å². The summed E-state index contributed by atoms with van der Waals surface area (Å²) in [5.74, 6) is 1.06. The van der Waals surface area contributed by atoms with E-state index in [0.29, 0.717) is 5.65 Å². The predicted octanol–water partition coefficient (Wildman–Crippen LogP) is 4.04. The van der Waals surface area contributed by atoms with Crippen molar-refractivity contribution in [1.82, 2.24) is 0 Å². The zero-order chi connectivity index (χ0) is 13.5. The van der Waals surface area contributed by atoms with Crippen molar-refractivity contribution in [3.63, 3.8) is 0 Å². The number of thioether (sulfide) groups is 1. The third kappa shape index (κ3) is 16.3. The monoisotopic (exact) mass is 274 g/mol. The van der Waals surface area contributed by atoms with Gasteiger partial charge in [0.15, 0.2) is 0 Å². The molecule has 2 nitrogen and oxygen atoms in total. The number of rotatable bonds is 14. The molecule has 0 fully saturated rings. The molecule has 0 aromatic carbocycles. The second-order valence-electron chi connectivity index (χ2n) is 5.09. The Hall–Kier alpha value is 0.335. The predicted molar refractivity (Wildman–Crippen MR) is 84.0 cm³/mol. The molecule has 4 heteroatoms. The molecule has 0 aliphatic heterocycles. The Labute approximate surface area is 118 Å². The van der Waals surface area contributed by atoms with Crippen molar-refractivity contribution in [2.24, 2.45) is 0 Å². The maximum atomic E-state index is 8.66. The summed E-state index contributed by atoms with van der Waals surface area (Å²) in [5, 5.41) is 17.3. The van der Waals surface area contributed by atoms with Gasteiger partial charge < -0.3 is 10.0 Å². The van der Waals surface area contributed by atoms with Gasteiger partial charge in [-0.25, -0.2) is 0 Å². The first-order valence-corrected chi connectivity index (χ1v) is 8.86. The molecule has 18 heavy (non-hydrogen) atoms. The molecule has 0 aromatic heterocycles. The Morgan fingerprint density at radius 2 is 1.17 bits per heavy atom. The van der Waals surface area contributed by atoms with Gasteiger partial charge in [-0.05, 0) is 12.2 Å². The Kier molecular flexibility index (Phi) is 15.7. The van der Waals surface area contributed by atoms with Crippen molar-refractivity contribution in [2.45, 2.75) is 77.6 Å². The second-order valence-corrected chi connectivity index (χ2v) is 6.24. The molecule has 0 saturated carbocycles. The molecule has 0 spiro atoms. The molecule has 2 N–H and O–H groups in total. The third-order valence-corrected chi connectivity index (χ3v) is 4.27. The highest BCUT2D eigenvalue weighted by Gasteiger charge is 2.04. The first kappa shape index (κ1) is 18.3. The highest BCUT2D eigenvalue weighted by Crippen LogP contribution is 2.12. The molecule has 0 radical (unpaired) electrons. The molecule has 0 aromatic rings. The summed E-state index contributed by atoms with van der Waals surface area (Å²) in [6, 6.07) is 0. The number of hydrogen-bond acceptors (Lipinski definition) is 3. The molecule has 0 aliphatic carbocycles. The van der Waals surface area contributed by atoms with Gasteiger partial charge in [0.2, 0.25) is 0 Å². The summed E-state index contributed by atoms with van der Waals surface area (Å²) in [6.45, 7) is 2.26. The Bertz CT molecular complexity index is 157. The van der Waals surface area contributed by atoms with E-state index in [1.807, 2.05) is 0 Å². The smallest absolute Gasteiger partial charge is 0.427 e. The fourth-order valence-corrected chi connectivity index (χ4v) is 2.84. The summed E-state index contributed by atoms with van der Waals surface area (Å²) in [4.78, 5) is 0. The van der Waals surface area contributed by atoms with E-state index in [1.165, 1.54) is 70.6 Å². The first-order valence-electron chi connectivity index (χ1n) is 7.71. The van der Waals surface area contributed by atoms with E-state index in [-0.39, 0.29) is 0 Å². The fourth-order valence-electron chi connectivity index (χ4n) is 2.06. The maximum absolute atomic E-state index is 8.66. The van der Waals surface area contributed by atoms with E-state index in [4.69, 9.17) is 10.0 Å². The third-order valence-electron chi connectivity index (χ3n) is 3.16. The van der Waals surface area contributed by atoms with Crippen LogP contribution < -0.4 is 0 Å². The molecule has 0 bridgehead atoms. The van der Waals surface area contributed by atoms with Gasteiger partial charge in [0.05, 0.1) is 0 Å². The van der Waals surface area contributed by atoms with Crippen LogP contribution >= 0.6 is 11.8 Å². The fraction of sp³-hybridized carbons (Fsp3) is 1.00. The normalized spacial score (nSPS) is 10.8. The zero-order valence-corrected chi connectivity index (χ0v) is 12.9. The van der Waals surface area contributed by atoms with E-state index >= 15 is 0 Å². The highest BCUT2D eigenvalue weighted by atomic mass is 32.2. The van der Waals surface area contributed by atoms with Gasteiger partial charge in [-0.1, -0.05) is 71.1 Å². The van der Waals surface area contributed by atoms with Crippen molar-refractivity contribution in [3.05, 3.63) is 0 Å². The molecule has 0 aliphatic rings. The standard InChI is InChI=1S/C14H31BO2S/c1-2-3-4-5-6-7-8-9-10-11-12-13-18-14-15(16)17/h16-17H,2-14H2,1H3. The summed E-state index contributed by atoms with van der Waals surface area (Å²) >= 11 is 1.64. The molecule has 0 rings (SSSR count). The minimum Gasteiger partial charge on any atom is -0.427 e. The molecular formula is C14H31BO2S. The molecule has 0 saturated heterocycles. The molecule has 0 unspecified atom stereocenters. The van der Waals surface area contributed by atoms with Crippen LogP contribution in [0, 0.1) is 0 Å². The maximum Gasteiger partial charge on any atom is 0.461 e. The van der Waals surface area contributed by atoms with Crippen LogP contribution in [0.4, 0.5) is 0 Å². The van der Waals surface area contributed by atoms with Crippen LogP contribution in [-0.4, -0.2) is 28.6 Å². The van der Waals surface area contributed by atoms with Gasteiger partial charge in [0.1, 0.15) is 0 Å². The Morgan fingerprint density at radius 3 is 1.61 bits per heavy atom. The van der Waals surface area contributed by atoms with E-state index in [2.05, 4.69) is 6.92 Å². The Balaban J connectivity index is 2.90. The average Bonchev–Trinajstić information content (AvgIpc) is 2.34. The van der Waals surface area contributed by atoms with Gasteiger partial charge in [-0.2, -0.15) is 11.8 Å². The van der Waals surface area contributed by atoms with Gasteiger partial charge >= 0.3 is 7.12 Å². The Morgan fingerprint density at radius 1 is 0.722 bits per heavy atom. The lowest BCUT2D eigenvalue weighted by Crippen LogP contribution is -2.14. The van der Waals surface area contributed by atoms with Crippen LogP contribution in [0.2, 0.25) is 0 Å². The van der Waals surface area contributed by atoms with E-state index < -0.39 is 7.12 Å². The average molecular weight is 274 g/mol. The minimum atomic E-state index is -1.14. The van der Waals surface area contributed by atoms with E-state index in [0.717, 1.165) is 5.75 Å². The molecule has 0 amide bonds. The molecule has 0 atom stereocenters. The largest absolute Gasteiger partial charge is 0.461 e. The van der Waals surface area contributed by atoms with Crippen LogP contribution in [0.25, 0.3) is 0 Å². The van der Waals surface area contributed by atoms with Gasteiger partial charge in [0.25, 0.3) is 0 Å². The second kappa shape index (κ2) is 15.4. The van der Waals surface area contributed by atoms with Crippen molar-refractivity contribution in [2.75, 3.05) is 11.4 Å². The first-order chi connectivity index (χ1) is 8.77.